The predicted octanol–water partition coefficient (Wildman–Crippen LogP) is 4.85. The van der Waals surface area contributed by atoms with Crippen LogP contribution in [0.2, 0.25) is 5.02 Å². The van der Waals surface area contributed by atoms with Gasteiger partial charge in [0.05, 0.1) is 29.1 Å². The average Bonchev–Trinajstić information content (AvgIpc) is 2.64. The molecule has 1 heterocycles. The zero-order chi connectivity index (χ0) is 19.4. The van der Waals surface area contributed by atoms with Gasteiger partial charge in [0, 0.05) is 11.8 Å². The number of ether oxygens (including phenoxy) is 1. The van der Waals surface area contributed by atoms with Crippen molar-refractivity contribution < 1.29 is 13.9 Å². The van der Waals surface area contributed by atoms with Gasteiger partial charge in [-0.05, 0) is 37.3 Å². The van der Waals surface area contributed by atoms with Gasteiger partial charge in [-0.3, -0.25) is 0 Å². The van der Waals surface area contributed by atoms with Gasteiger partial charge in [0.1, 0.15) is 11.6 Å². The second-order valence-corrected chi connectivity index (χ2v) is 6.04. The molecule has 0 bridgehead atoms. The van der Waals surface area contributed by atoms with Crippen molar-refractivity contribution >= 4 is 40.7 Å². The number of nitrogens with zero attached hydrogens (tertiary/aromatic N) is 2. The Hall–Kier alpha value is -3.19. The zero-order valence-corrected chi connectivity index (χ0v) is 15.3. The first-order valence-electron chi connectivity index (χ1n) is 7.98. The van der Waals surface area contributed by atoms with Crippen molar-refractivity contribution in [2.75, 3.05) is 17.7 Å². The smallest absolute Gasteiger partial charge is 0.337 e. The van der Waals surface area contributed by atoms with E-state index in [0.29, 0.717) is 27.8 Å². The molecule has 8 heteroatoms. The number of anilines is 4. The summed E-state index contributed by atoms with van der Waals surface area (Å²) in [5.41, 5.74) is 1.75. The van der Waals surface area contributed by atoms with E-state index in [-0.39, 0.29) is 11.6 Å². The lowest BCUT2D eigenvalue weighted by Crippen LogP contribution is -2.05. The number of halogens is 2. The molecule has 0 aliphatic rings. The second kappa shape index (κ2) is 8.01. The molecule has 3 aromatic rings. The molecule has 27 heavy (non-hydrogen) atoms. The van der Waals surface area contributed by atoms with E-state index in [9.17, 15) is 9.18 Å². The number of benzene rings is 2. The molecule has 0 saturated carbocycles. The van der Waals surface area contributed by atoms with Crippen molar-refractivity contribution in [2.45, 2.75) is 6.92 Å². The third-order valence-corrected chi connectivity index (χ3v) is 3.95. The second-order valence-electron chi connectivity index (χ2n) is 5.63. The van der Waals surface area contributed by atoms with Crippen LogP contribution in [0.4, 0.5) is 27.5 Å². The van der Waals surface area contributed by atoms with Crippen LogP contribution >= 0.6 is 11.6 Å². The summed E-state index contributed by atoms with van der Waals surface area (Å²) in [4.78, 5) is 20.3. The summed E-state index contributed by atoms with van der Waals surface area (Å²) in [6, 6.07) is 12.7. The molecule has 0 amide bonds. The first-order chi connectivity index (χ1) is 13.0. The maximum atomic E-state index is 13.8. The van der Waals surface area contributed by atoms with E-state index in [1.165, 1.54) is 13.2 Å². The van der Waals surface area contributed by atoms with Crippen LogP contribution in [0.1, 0.15) is 16.1 Å². The third kappa shape index (κ3) is 4.51. The zero-order valence-electron chi connectivity index (χ0n) is 14.6. The molecule has 0 atom stereocenters. The van der Waals surface area contributed by atoms with Gasteiger partial charge in [0.2, 0.25) is 5.95 Å². The van der Waals surface area contributed by atoms with Crippen LogP contribution in [-0.2, 0) is 4.74 Å². The highest BCUT2D eigenvalue weighted by atomic mass is 35.5. The number of esters is 1. The highest BCUT2D eigenvalue weighted by Gasteiger charge is 2.11. The molecule has 0 fully saturated rings. The summed E-state index contributed by atoms with van der Waals surface area (Å²) in [7, 11) is 1.30. The van der Waals surface area contributed by atoms with Crippen LogP contribution in [0.15, 0.2) is 48.5 Å². The average molecular weight is 387 g/mol. The van der Waals surface area contributed by atoms with Gasteiger partial charge in [-0.1, -0.05) is 23.7 Å². The van der Waals surface area contributed by atoms with E-state index >= 15 is 0 Å². The van der Waals surface area contributed by atoms with Crippen LogP contribution in [0.3, 0.4) is 0 Å². The van der Waals surface area contributed by atoms with Crippen molar-refractivity contribution in [1.82, 2.24) is 9.97 Å². The van der Waals surface area contributed by atoms with E-state index in [1.807, 2.05) is 0 Å². The third-order valence-electron chi connectivity index (χ3n) is 3.62. The van der Waals surface area contributed by atoms with Gasteiger partial charge >= 0.3 is 5.97 Å². The Labute approximate surface area is 160 Å². The number of para-hydroxylation sites is 1. The Bertz CT molecular complexity index is 997. The molecule has 6 nitrogen and oxygen atoms in total. The van der Waals surface area contributed by atoms with Crippen LogP contribution in [0, 0.1) is 12.7 Å². The van der Waals surface area contributed by atoms with Gasteiger partial charge in [-0.15, -0.1) is 0 Å². The van der Waals surface area contributed by atoms with E-state index in [1.54, 1.807) is 49.4 Å². The Kier molecular flexibility index (Phi) is 5.52. The Morgan fingerprint density at radius 2 is 1.85 bits per heavy atom. The minimum absolute atomic E-state index is 0.225. The molecular formula is C19H16ClFN4O2. The van der Waals surface area contributed by atoms with Gasteiger partial charge < -0.3 is 15.4 Å². The minimum atomic E-state index is -0.476. The minimum Gasteiger partial charge on any atom is -0.465 e. The fourth-order valence-electron chi connectivity index (χ4n) is 2.38. The molecule has 0 spiro atoms. The van der Waals surface area contributed by atoms with Crippen molar-refractivity contribution in [3.8, 4) is 0 Å². The lowest BCUT2D eigenvalue weighted by molar-refractivity contribution is 0.0601. The number of hydrogen-bond donors (Lipinski definition) is 2. The maximum absolute atomic E-state index is 13.8. The predicted molar refractivity (Wildman–Crippen MR) is 103 cm³/mol. The molecule has 2 aromatic carbocycles. The highest BCUT2D eigenvalue weighted by Crippen LogP contribution is 2.27. The fraction of sp³-hybridized carbons (Fsp3) is 0.105. The molecule has 0 aliphatic heterocycles. The Balaban J connectivity index is 1.89. The van der Waals surface area contributed by atoms with Crippen LogP contribution < -0.4 is 10.6 Å². The van der Waals surface area contributed by atoms with Crippen molar-refractivity contribution in [2.24, 2.45) is 0 Å². The first-order valence-corrected chi connectivity index (χ1v) is 8.36. The molecule has 3 rings (SSSR count). The van der Waals surface area contributed by atoms with Crippen molar-refractivity contribution in [1.29, 1.82) is 0 Å². The number of aryl methyl sites for hydroxylation is 1. The van der Waals surface area contributed by atoms with E-state index in [2.05, 4.69) is 20.6 Å². The number of carbonyl (C=O) groups is 1. The number of carbonyl (C=O) groups excluding carboxylic acids is 1. The normalized spacial score (nSPS) is 10.4. The topological polar surface area (TPSA) is 76.1 Å². The monoisotopic (exact) mass is 386 g/mol. The van der Waals surface area contributed by atoms with Gasteiger partial charge in [0.25, 0.3) is 0 Å². The summed E-state index contributed by atoms with van der Waals surface area (Å²) in [6.45, 7) is 1.78. The number of hydrogen-bond acceptors (Lipinski definition) is 6. The lowest BCUT2D eigenvalue weighted by Gasteiger charge is -2.12. The SMILES string of the molecule is COC(=O)c1ccc(Cl)c(Nc2cc(C)nc(Nc3ccccc3F)n2)c1. The van der Waals surface area contributed by atoms with Crippen LogP contribution in [-0.4, -0.2) is 23.0 Å². The standard InChI is InChI=1S/C19H16ClFN4O2/c1-11-9-17(23-16-10-12(18(26)27-2)7-8-13(16)20)25-19(22-11)24-15-6-4-3-5-14(15)21/h3-10H,1-2H3,(H2,22,23,24,25). The maximum Gasteiger partial charge on any atom is 0.337 e. The quantitative estimate of drug-likeness (QED) is 0.610. The summed E-state index contributed by atoms with van der Waals surface area (Å²) in [5, 5.41) is 6.30. The van der Waals surface area contributed by atoms with Crippen molar-refractivity contribution in [3.63, 3.8) is 0 Å². The molecule has 2 N–H and O–H groups in total. The highest BCUT2D eigenvalue weighted by molar-refractivity contribution is 6.33. The van der Waals surface area contributed by atoms with Gasteiger partial charge in [-0.25, -0.2) is 14.2 Å². The molecule has 0 radical (unpaired) electrons. The molecule has 1 aromatic heterocycles. The molecule has 138 valence electrons. The molecular weight excluding hydrogens is 371 g/mol. The summed E-state index contributed by atoms with van der Waals surface area (Å²) in [6.07, 6.45) is 0. The van der Waals surface area contributed by atoms with Gasteiger partial charge in [0.15, 0.2) is 0 Å². The van der Waals surface area contributed by atoms with Crippen LogP contribution in [0.5, 0.6) is 0 Å². The number of aromatic nitrogens is 2. The van der Waals surface area contributed by atoms with E-state index < -0.39 is 11.8 Å². The lowest BCUT2D eigenvalue weighted by atomic mass is 10.2. The summed E-state index contributed by atoms with van der Waals surface area (Å²) < 4.78 is 18.6. The van der Waals surface area contributed by atoms with Crippen LogP contribution in [0.25, 0.3) is 0 Å². The summed E-state index contributed by atoms with van der Waals surface area (Å²) >= 11 is 6.20. The van der Waals surface area contributed by atoms with Crippen molar-refractivity contribution in [3.05, 3.63) is 70.6 Å². The number of nitrogens with one attached hydrogen (secondary N) is 2. The fourth-order valence-corrected chi connectivity index (χ4v) is 2.54. The first kappa shape index (κ1) is 18.6. The molecule has 0 saturated heterocycles. The van der Waals surface area contributed by atoms with Gasteiger partial charge in [-0.2, -0.15) is 4.98 Å². The Morgan fingerprint density at radius 1 is 1.07 bits per heavy atom. The summed E-state index contributed by atoms with van der Waals surface area (Å²) in [5.74, 6) is -0.227. The number of methoxy groups -OCH3 is 1. The van der Waals surface area contributed by atoms with E-state index in [0.717, 1.165) is 0 Å². The molecule has 0 aliphatic carbocycles. The largest absolute Gasteiger partial charge is 0.465 e. The Morgan fingerprint density at radius 3 is 2.59 bits per heavy atom. The van der Waals surface area contributed by atoms with E-state index in [4.69, 9.17) is 16.3 Å². The number of rotatable bonds is 5. The molecule has 0 unspecified atom stereocenters.